The Labute approximate surface area is 216 Å². The van der Waals surface area contributed by atoms with Gasteiger partial charge in [0.05, 0.1) is 41.4 Å². The van der Waals surface area contributed by atoms with Gasteiger partial charge >= 0.3 is 0 Å². The van der Waals surface area contributed by atoms with Crippen LogP contribution in [0.25, 0.3) is 21.2 Å². The number of carbonyl (C=O) groups excluding carboxylic acids is 1. The van der Waals surface area contributed by atoms with Crippen LogP contribution in [0, 0.1) is 0 Å². The number of nitrogens with zero attached hydrogens (tertiary/aromatic N) is 2. The number of methoxy groups -OCH3 is 2. The molecule has 5 aromatic rings. The van der Waals surface area contributed by atoms with E-state index in [1.165, 1.54) is 16.9 Å². The zero-order valence-electron chi connectivity index (χ0n) is 20.8. The highest BCUT2D eigenvalue weighted by Gasteiger charge is 2.45. The molecule has 1 aliphatic rings. The molecule has 0 fully saturated rings. The Bertz CT molecular complexity index is 1750. The molecule has 0 saturated heterocycles. The van der Waals surface area contributed by atoms with E-state index in [2.05, 4.69) is 26.0 Å². The Balaban J connectivity index is 1.61. The summed E-state index contributed by atoms with van der Waals surface area (Å²) in [5.41, 5.74) is 3.10. The summed E-state index contributed by atoms with van der Waals surface area (Å²) >= 11 is 1.42. The standard InChI is InChI=1S/C29H24N2O5S/c1-15(2)16-9-11-19-23(14-16)37-29(30-19)31-25(17-10-12-21(34-3)22(13-17)35-4)24-26(32)18-7-5-6-8-20(18)36-27(24)28(31)33/h5-15,25H,1-4H3/t25-/m1/s1. The van der Waals surface area contributed by atoms with Crippen LogP contribution in [0.1, 0.15) is 53.1 Å². The molecular weight excluding hydrogens is 488 g/mol. The third kappa shape index (κ3) is 3.59. The van der Waals surface area contributed by atoms with E-state index in [4.69, 9.17) is 18.9 Å². The summed E-state index contributed by atoms with van der Waals surface area (Å²) in [6.07, 6.45) is 0. The van der Waals surface area contributed by atoms with Crippen molar-refractivity contribution in [3.05, 3.63) is 93.3 Å². The summed E-state index contributed by atoms with van der Waals surface area (Å²) < 4.78 is 18.0. The minimum absolute atomic E-state index is 0.0330. The van der Waals surface area contributed by atoms with Crippen molar-refractivity contribution in [2.75, 3.05) is 19.1 Å². The molecule has 0 unspecified atom stereocenters. The van der Waals surface area contributed by atoms with Crippen molar-refractivity contribution in [1.82, 2.24) is 4.98 Å². The molecule has 3 heterocycles. The van der Waals surface area contributed by atoms with Crippen LogP contribution in [0.4, 0.5) is 5.13 Å². The Kier molecular flexibility index (Phi) is 5.49. The number of hydrogen-bond acceptors (Lipinski definition) is 7. The smallest absolute Gasteiger partial charge is 0.297 e. The number of fused-ring (bicyclic) bond motifs is 3. The fourth-order valence-electron chi connectivity index (χ4n) is 4.85. The molecule has 0 saturated carbocycles. The number of anilines is 1. The average Bonchev–Trinajstić information content (AvgIpc) is 3.46. The number of aromatic nitrogens is 1. The normalized spacial score (nSPS) is 15.1. The lowest BCUT2D eigenvalue weighted by atomic mass is 9.98. The number of rotatable bonds is 5. The van der Waals surface area contributed by atoms with Crippen LogP contribution in [0.2, 0.25) is 0 Å². The summed E-state index contributed by atoms with van der Waals surface area (Å²) in [5, 5.41) is 0.919. The predicted molar refractivity (Wildman–Crippen MR) is 144 cm³/mol. The summed E-state index contributed by atoms with van der Waals surface area (Å²) in [4.78, 5) is 34.1. The van der Waals surface area contributed by atoms with Crippen LogP contribution in [0.15, 0.2) is 69.9 Å². The zero-order valence-corrected chi connectivity index (χ0v) is 21.6. The third-order valence-electron chi connectivity index (χ3n) is 6.77. The van der Waals surface area contributed by atoms with Crippen molar-refractivity contribution < 1.29 is 18.7 Å². The Morgan fingerprint density at radius 2 is 1.76 bits per heavy atom. The van der Waals surface area contributed by atoms with E-state index < -0.39 is 11.9 Å². The number of carbonyl (C=O) groups is 1. The van der Waals surface area contributed by atoms with Crippen molar-refractivity contribution >= 4 is 43.6 Å². The first-order valence-corrected chi connectivity index (χ1v) is 12.7. The molecule has 186 valence electrons. The molecule has 0 radical (unpaired) electrons. The van der Waals surface area contributed by atoms with Crippen LogP contribution in [0.3, 0.4) is 0 Å². The largest absolute Gasteiger partial charge is 0.493 e. The number of para-hydroxylation sites is 1. The molecule has 8 heteroatoms. The van der Waals surface area contributed by atoms with Crippen molar-refractivity contribution in [1.29, 1.82) is 0 Å². The molecule has 1 aliphatic heterocycles. The zero-order chi connectivity index (χ0) is 25.8. The van der Waals surface area contributed by atoms with Gasteiger partial charge in [0.15, 0.2) is 22.1 Å². The SMILES string of the molecule is COc1ccc([C@@H]2c3c(oc4ccccc4c3=O)C(=O)N2c2nc3ccc(C(C)C)cc3s2)cc1OC. The number of ether oxygens (including phenoxy) is 2. The van der Waals surface area contributed by atoms with Gasteiger partial charge in [0.25, 0.3) is 5.91 Å². The van der Waals surface area contributed by atoms with Gasteiger partial charge in [-0.25, -0.2) is 4.98 Å². The maximum absolute atomic E-state index is 13.9. The fourth-order valence-corrected chi connectivity index (χ4v) is 5.89. The van der Waals surface area contributed by atoms with E-state index in [9.17, 15) is 9.59 Å². The molecule has 2 aromatic heterocycles. The summed E-state index contributed by atoms with van der Waals surface area (Å²) in [7, 11) is 3.11. The molecule has 37 heavy (non-hydrogen) atoms. The van der Waals surface area contributed by atoms with Gasteiger partial charge < -0.3 is 13.9 Å². The van der Waals surface area contributed by atoms with E-state index in [0.29, 0.717) is 39.1 Å². The van der Waals surface area contributed by atoms with Crippen LogP contribution >= 0.6 is 11.3 Å². The molecule has 7 nitrogen and oxygen atoms in total. The van der Waals surface area contributed by atoms with E-state index in [1.807, 2.05) is 12.1 Å². The lowest BCUT2D eigenvalue weighted by Crippen LogP contribution is -2.29. The predicted octanol–water partition coefficient (Wildman–Crippen LogP) is 6.29. The molecule has 3 aromatic carbocycles. The second-order valence-electron chi connectivity index (χ2n) is 9.24. The fraction of sp³-hybridized carbons (Fsp3) is 0.207. The Hall–Kier alpha value is -4.17. The Morgan fingerprint density at radius 1 is 0.973 bits per heavy atom. The maximum atomic E-state index is 13.9. The van der Waals surface area contributed by atoms with Crippen LogP contribution in [-0.4, -0.2) is 25.1 Å². The molecule has 0 spiro atoms. The number of thiazole rings is 1. The van der Waals surface area contributed by atoms with Crippen molar-refractivity contribution in [3.63, 3.8) is 0 Å². The van der Waals surface area contributed by atoms with Crippen LogP contribution in [0.5, 0.6) is 11.5 Å². The minimum atomic E-state index is -0.742. The monoisotopic (exact) mass is 512 g/mol. The second-order valence-corrected chi connectivity index (χ2v) is 10.2. The van der Waals surface area contributed by atoms with Crippen molar-refractivity contribution in [2.24, 2.45) is 0 Å². The van der Waals surface area contributed by atoms with E-state index >= 15 is 0 Å². The first-order valence-electron chi connectivity index (χ1n) is 11.9. The van der Waals surface area contributed by atoms with Gasteiger partial charge in [0, 0.05) is 0 Å². The van der Waals surface area contributed by atoms with Gasteiger partial charge in [-0.3, -0.25) is 14.5 Å². The molecule has 0 bridgehead atoms. The molecule has 1 amide bonds. The summed E-state index contributed by atoms with van der Waals surface area (Å²) in [5.74, 6) is 1.04. The Morgan fingerprint density at radius 3 is 2.51 bits per heavy atom. The van der Waals surface area contributed by atoms with E-state index in [1.54, 1.807) is 55.5 Å². The maximum Gasteiger partial charge on any atom is 0.297 e. The second kappa shape index (κ2) is 8.74. The highest BCUT2D eigenvalue weighted by atomic mass is 32.1. The number of benzene rings is 3. The van der Waals surface area contributed by atoms with E-state index in [0.717, 1.165) is 10.2 Å². The molecule has 6 rings (SSSR count). The summed E-state index contributed by atoms with van der Waals surface area (Å²) in [6.45, 7) is 4.28. The molecular formula is C29H24N2O5S. The van der Waals surface area contributed by atoms with Gasteiger partial charge in [0.2, 0.25) is 5.76 Å². The first-order chi connectivity index (χ1) is 17.9. The molecule has 0 aliphatic carbocycles. The third-order valence-corrected chi connectivity index (χ3v) is 7.79. The topological polar surface area (TPSA) is 81.9 Å². The minimum Gasteiger partial charge on any atom is -0.493 e. The van der Waals surface area contributed by atoms with Crippen molar-refractivity contribution in [3.8, 4) is 11.5 Å². The van der Waals surface area contributed by atoms with Gasteiger partial charge in [-0.15, -0.1) is 0 Å². The molecule has 1 atom stereocenters. The number of hydrogen-bond donors (Lipinski definition) is 0. The molecule has 0 N–H and O–H groups in total. The number of amides is 1. The lowest BCUT2D eigenvalue weighted by Gasteiger charge is -2.23. The lowest BCUT2D eigenvalue weighted by molar-refractivity contribution is 0.0971. The van der Waals surface area contributed by atoms with Gasteiger partial charge in [-0.1, -0.05) is 49.4 Å². The summed E-state index contributed by atoms with van der Waals surface area (Å²) in [6, 6.07) is 17.8. The first kappa shape index (κ1) is 23.2. The van der Waals surface area contributed by atoms with Crippen molar-refractivity contribution in [2.45, 2.75) is 25.8 Å². The van der Waals surface area contributed by atoms with Crippen LogP contribution in [-0.2, 0) is 0 Å². The van der Waals surface area contributed by atoms with Gasteiger partial charge in [-0.2, -0.15) is 0 Å². The van der Waals surface area contributed by atoms with Gasteiger partial charge in [-0.05, 0) is 53.4 Å². The quantitative estimate of drug-likeness (QED) is 0.275. The van der Waals surface area contributed by atoms with E-state index in [-0.39, 0.29) is 16.8 Å². The van der Waals surface area contributed by atoms with Crippen LogP contribution < -0.4 is 19.8 Å². The highest BCUT2D eigenvalue weighted by molar-refractivity contribution is 7.22. The average molecular weight is 513 g/mol. The highest BCUT2D eigenvalue weighted by Crippen LogP contribution is 2.45. The van der Waals surface area contributed by atoms with Gasteiger partial charge in [0.1, 0.15) is 5.58 Å².